The maximum Gasteiger partial charge on any atom is 0.0193 e. The highest BCUT2D eigenvalue weighted by Gasteiger charge is 1.84. The molecule has 0 saturated heterocycles. The Bertz CT molecular complexity index is 41.2. The van der Waals surface area contributed by atoms with E-state index in [-0.39, 0.29) is 0 Å². The fraction of sp³-hybridized carbons (Fsp3) is 0.600. The molecule has 0 rings (SSSR count). The van der Waals surface area contributed by atoms with Crippen LogP contribution in [-0.4, -0.2) is 11.5 Å². The van der Waals surface area contributed by atoms with Crippen LogP contribution in [0.3, 0.4) is 0 Å². The Morgan fingerprint density at radius 1 is 1.83 bits per heavy atom. The van der Waals surface area contributed by atoms with Crippen LogP contribution in [0.1, 0.15) is 6.92 Å². The largest absolute Gasteiger partial charge is 0.158 e. The first-order chi connectivity index (χ1) is 2.81. The molecule has 0 aromatic heterocycles. The number of thioether (sulfide) groups is 1. The molecule has 0 saturated carbocycles. The SMILES string of the molecule is C=CC(C)SC. The van der Waals surface area contributed by atoms with Gasteiger partial charge in [0.1, 0.15) is 0 Å². The van der Waals surface area contributed by atoms with Crippen molar-refractivity contribution in [3.8, 4) is 0 Å². The average molecular weight is 102 g/mol. The summed E-state index contributed by atoms with van der Waals surface area (Å²) in [6, 6.07) is 0. The molecular formula is C5H10S. The van der Waals surface area contributed by atoms with E-state index in [9.17, 15) is 0 Å². The monoisotopic (exact) mass is 102 g/mol. The van der Waals surface area contributed by atoms with Gasteiger partial charge in [-0.1, -0.05) is 6.08 Å². The van der Waals surface area contributed by atoms with Crippen molar-refractivity contribution < 1.29 is 0 Å². The van der Waals surface area contributed by atoms with Crippen molar-refractivity contribution in [2.24, 2.45) is 0 Å². The first kappa shape index (κ1) is 6.09. The molecule has 0 fully saturated rings. The van der Waals surface area contributed by atoms with Crippen LogP contribution in [0.5, 0.6) is 0 Å². The predicted octanol–water partition coefficient (Wildman–Crippen LogP) is 1.92. The molecule has 0 aromatic carbocycles. The van der Waals surface area contributed by atoms with E-state index in [0.29, 0.717) is 5.25 Å². The Balaban J connectivity index is 2.96. The summed E-state index contributed by atoms with van der Waals surface area (Å²) >= 11 is 1.81. The third kappa shape index (κ3) is 2.33. The van der Waals surface area contributed by atoms with E-state index in [2.05, 4.69) is 19.8 Å². The number of rotatable bonds is 2. The molecule has 0 bridgehead atoms. The molecule has 0 aliphatic carbocycles. The van der Waals surface area contributed by atoms with Gasteiger partial charge in [-0.2, -0.15) is 11.8 Å². The van der Waals surface area contributed by atoms with E-state index in [4.69, 9.17) is 0 Å². The molecule has 0 radical (unpaired) electrons. The lowest BCUT2D eigenvalue weighted by atomic mass is 10.5. The standard InChI is InChI=1S/C5H10S/c1-4-5(2)6-3/h4-5H,1H2,2-3H3. The molecule has 0 aliphatic heterocycles. The van der Waals surface area contributed by atoms with Crippen LogP contribution in [0, 0.1) is 0 Å². The third-order valence-electron chi connectivity index (χ3n) is 0.704. The molecule has 36 valence electrons. The first-order valence-electron chi connectivity index (χ1n) is 1.96. The second kappa shape index (κ2) is 3.29. The van der Waals surface area contributed by atoms with Crippen molar-refractivity contribution in [1.82, 2.24) is 0 Å². The van der Waals surface area contributed by atoms with Gasteiger partial charge in [0.25, 0.3) is 0 Å². The van der Waals surface area contributed by atoms with E-state index in [0.717, 1.165) is 0 Å². The summed E-state index contributed by atoms with van der Waals surface area (Å²) in [5.41, 5.74) is 0. The van der Waals surface area contributed by atoms with Crippen molar-refractivity contribution in [1.29, 1.82) is 0 Å². The lowest BCUT2D eigenvalue weighted by molar-refractivity contribution is 1.26. The highest BCUT2D eigenvalue weighted by atomic mass is 32.2. The average Bonchev–Trinajstić information content (AvgIpc) is 1.65. The summed E-state index contributed by atoms with van der Waals surface area (Å²) in [5.74, 6) is 0. The summed E-state index contributed by atoms with van der Waals surface area (Å²) < 4.78 is 0. The van der Waals surface area contributed by atoms with Gasteiger partial charge >= 0.3 is 0 Å². The predicted molar refractivity (Wildman–Crippen MR) is 33.2 cm³/mol. The molecule has 0 aromatic rings. The second-order valence-corrected chi connectivity index (χ2v) is 2.39. The van der Waals surface area contributed by atoms with Gasteiger partial charge in [-0.25, -0.2) is 0 Å². The Hall–Kier alpha value is 0.0900. The summed E-state index contributed by atoms with van der Waals surface area (Å²) in [6.45, 7) is 5.73. The Morgan fingerprint density at radius 2 is 2.33 bits per heavy atom. The normalized spacial score (nSPS) is 13.7. The van der Waals surface area contributed by atoms with Gasteiger partial charge in [0.2, 0.25) is 0 Å². The summed E-state index contributed by atoms with van der Waals surface area (Å²) in [5, 5.41) is 0.616. The Morgan fingerprint density at radius 3 is 2.33 bits per heavy atom. The van der Waals surface area contributed by atoms with E-state index >= 15 is 0 Å². The Kier molecular flexibility index (Phi) is 3.34. The lowest BCUT2D eigenvalue weighted by Crippen LogP contribution is -1.83. The highest BCUT2D eigenvalue weighted by Crippen LogP contribution is 2.03. The van der Waals surface area contributed by atoms with E-state index in [1.165, 1.54) is 0 Å². The minimum atomic E-state index is 0.616. The second-order valence-electron chi connectivity index (χ2n) is 1.18. The molecule has 0 heterocycles. The molecule has 0 N–H and O–H groups in total. The molecule has 1 heteroatoms. The van der Waals surface area contributed by atoms with Crippen molar-refractivity contribution in [3.05, 3.63) is 12.7 Å². The molecule has 1 atom stereocenters. The fourth-order valence-electron chi connectivity index (χ4n) is 0.0962. The topological polar surface area (TPSA) is 0 Å². The zero-order valence-corrected chi connectivity index (χ0v) is 5.09. The van der Waals surface area contributed by atoms with Gasteiger partial charge in [-0.15, -0.1) is 6.58 Å². The van der Waals surface area contributed by atoms with E-state index in [1.54, 1.807) is 11.8 Å². The summed E-state index contributed by atoms with van der Waals surface area (Å²) in [6.07, 6.45) is 4.01. The maximum atomic E-state index is 3.61. The molecule has 0 amide bonds. The van der Waals surface area contributed by atoms with Gasteiger partial charge in [-0.3, -0.25) is 0 Å². The minimum Gasteiger partial charge on any atom is -0.158 e. The van der Waals surface area contributed by atoms with Gasteiger partial charge in [0.05, 0.1) is 0 Å². The van der Waals surface area contributed by atoms with Crippen LogP contribution in [0.2, 0.25) is 0 Å². The van der Waals surface area contributed by atoms with E-state index < -0.39 is 0 Å². The summed E-state index contributed by atoms with van der Waals surface area (Å²) in [4.78, 5) is 0. The molecular weight excluding hydrogens is 92.1 g/mol. The Labute approximate surface area is 43.6 Å². The van der Waals surface area contributed by atoms with Crippen LogP contribution in [0.15, 0.2) is 12.7 Å². The highest BCUT2D eigenvalue weighted by molar-refractivity contribution is 7.99. The van der Waals surface area contributed by atoms with Gasteiger partial charge < -0.3 is 0 Å². The summed E-state index contributed by atoms with van der Waals surface area (Å²) in [7, 11) is 0. The molecule has 1 unspecified atom stereocenters. The molecule has 0 aliphatic rings. The van der Waals surface area contributed by atoms with Crippen LogP contribution >= 0.6 is 11.8 Å². The molecule has 0 nitrogen and oxygen atoms in total. The van der Waals surface area contributed by atoms with Gasteiger partial charge in [0, 0.05) is 5.25 Å². The van der Waals surface area contributed by atoms with Crippen molar-refractivity contribution >= 4 is 11.8 Å². The van der Waals surface area contributed by atoms with Crippen LogP contribution in [0.4, 0.5) is 0 Å². The van der Waals surface area contributed by atoms with Gasteiger partial charge in [-0.05, 0) is 13.2 Å². The zero-order valence-electron chi connectivity index (χ0n) is 4.27. The maximum absolute atomic E-state index is 3.61. The first-order valence-corrected chi connectivity index (χ1v) is 3.25. The van der Waals surface area contributed by atoms with Gasteiger partial charge in [0.15, 0.2) is 0 Å². The van der Waals surface area contributed by atoms with E-state index in [1.807, 2.05) is 6.08 Å². The third-order valence-corrected chi connectivity index (χ3v) is 1.64. The quantitative estimate of drug-likeness (QED) is 0.480. The zero-order chi connectivity index (χ0) is 4.99. The number of hydrogen-bond donors (Lipinski definition) is 0. The van der Waals surface area contributed by atoms with Crippen molar-refractivity contribution in [2.75, 3.05) is 6.26 Å². The van der Waals surface area contributed by atoms with Crippen molar-refractivity contribution in [2.45, 2.75) is 12.2 Å². The van der Waals surface area contributed by atoms with Crippen molar-refractivity contribution in [3.63, 3.8) is 0 Å². The smallest absolute Gasteiger partial charge is 0.0193 e. The van der Waals surface area contributed by atoms with Crippen LogP contribution in [-0.2, 0) is 0 Å². The van der Waals surface area contributed by atoms with Crippen LogP contribution in [0.25, 0.3) is 0 Å². The fourth-order valence-corrected chi connectivity index (χ4v) is 0.289. The minimum absolute atomic E-state index is 0.616. The molecule has 6 heavy (non-hydrogen) atoms. The van der Waals surface area contributed by atoms with Crippen LogP contribution < -0.4 is 0 Å². The lowest BCUT2D eigenvalue weighted by Gasteiger charge is -1.94. The number of hydrogen-bond acceptors (Lipinski definition) is 1. The molecule has 0 spiro atoms.